The maximum Gasteiger partial charge on any atom is 0.159 e. The molecule has 1 aromatic heterocycles. The van der Waals surface area contributed by atoms with Gasteiger partial charge in [-0.15, -0.1) is 11.8 Å². The smallest absolute Gasteiger partial charge is 0.159 e. The molecule has 1 fully saturated rings. The number of ether oxygens (including phenoxy) is 2. The Balaban J connectivity index is 1.73. The second-order valence-corrected chi connectivity index (χ2v) is 7.34. The van der Waals surface area contributed by atoms with Crippen LogP contribution in [0.5, 0.6) is 5.75 Å². The van der Waals surface area contributed by atoms with Crippen molar-refractivity contribution in [2.45, 2.75) is 49.9 Å². The summed E-state index contributed by atoms with van der Waals surface area (Å²) in [7, 11) is 0. The van der Waals surface area contributed by atoms with Crippen LogP contribution in [-0.2, 0) is 4.74 Å². The molecule has 2 rings (SSSR count). The molecule has 1 N–H and O–H groups in total. The molecule has 2 heterocycles. The first-order valence-electron chi connectivity index (χ1n) is 6.95. The number of hydrogen-bond acceptors (Lipinski definition) is 5. The summed E-state index contributed by atoms with van der Waals surface area (Å²) in [5, 5.41) is 10.4. The summed E-state index contributed by atoms with van der Waals surface area (Å²) in [6.45, 7) is 8.77. The summed E-state index contributed by atoms with van der Waals surface area (Å²) < 4.78 is 11.2. The molecule has 1 aliphatic rings. The molecule has 2 atom stereocenters. The SMILES string of the molecule is CC(C)c1cc(OCC2SC2COC(C)(C)O)ccn1. The number of pyridine rings is 1. The lowest BCUT2D eigenvalue weighted by Gasteiger charge is -2.17. The van der Waals surface area contributed by atoms with E-state index in [4.69, 9.17) is 9.47 Å². The van der Waals surface area contributed by atoms with Crippen molar-refractivity contribution in [1.82, 2.24) is 4.98 Å². The van der Waals surface area contributed by atoms with Gasteiger partial charge in [0.2, 0.25) is 0 Å². The second kappa shape index (κ2) is 6.33. The van der Waals surface area contributed by atoms with Crippen LogP contribution in [0, 0.1) is 0 Å². The van der Waals surface area contributed by atoms with Gasteiger partial charge in [0, 0.05) is 23.2 Å². The molecule has 0 spiro atoms. The fraction of sp³-hybridized carbons (Fsp3) is 0.667. The molecule has 1 aromatic rings. The summed E-state index contributed by atoms with van der Waals surface area (Å²) in [4.78, 5) is 4.32. The molecular formula is C15H23NO3S. The van der Waals surface area contributed by atoms with E-state index < -0.39 is 5.79 Å². The third-order valence-corrected chi connectivity index (χ3v) is 4.36. The molecule has 0 saturated carbocycles. The Kier molecular flexibility index (Phi) is 4.94. The summed E-state index contributed by atoms with van der Waals surface area (Å²) in [5.74, 6) is 0.228. The van der Waals surface area contributed by atoms with Crippen molar-refractivity contribution in [1.29, 1.82) is 0 Å². The summed E-state index contributed by atoms with van der Waals surface area (Å²) in [6.07, 6.45) is 1.79. The fourth-order valence-electron chi connectivity index (χ4n) is 1.77. The summed E-state index contributed by atoms with van der Waals surface area (Å²) in [6, 6.07) is 3.89. The Labute approximate surface area is 124 Å². The Morgan fingerprint density at radius 2 is 2.05 bits per heavy atom. The van der Waals surface area contributed by atoms with Crippen molar-refractivity contribution < 1.29 is 14.6 Å². The average molecular weight is 297 g/mol. The van der Waals surface area contributed by atoms with Crippen LogP contribution in [0.3, 0.4) is 0 Å². The molecule has 5 heteroatoms. The minimum atomic E-state index is -1.05. The predicted molar refractivity (Wildman–Crippen MR) is 81.2 cm³/mol. The summed E-state index contributed by atoms with van der Waals surface area (Å²) >= 11 is 1.83. The zero-order valence-electron chi connectivity index (χ0n) is 12.5. The lowest BCUT2D eigenvalue weighted by molar-refractivity contribution is -0.174. The van der Waals surface area contributed by atoms with Gasteiger partial charge >= 0.3 is 0 Å². The van der Waals surface area contributed by atoms with Crippen LogP contribution in [0.15, 0.2) is 18.3 Å². The number of thioether (sulfide) groups is 1. The van der Waals surface area contributed by atoms with Crippen molar-refractivity contribution in [2.75, 3.05) is 13.2 Å². The van der Waals surface area contributed by atoms with Crippen molar-refractivity contribution in [3.05, 3.63) is 24.0 Å². The van der Waals surface area contributed by atoms with E-state index in [1.54, 1.807) is 20.0 Å². The number of nitrogens with zero attached hydrogens (tertiary/aromatic N) is 1. The van der Waals surface area contributed by atoms with Crippen LogP contribution < -0.4 is 4.74 Å². The van der Waals surface area contributed by atoms with Gasteiger partial charge < -0.3 is 14.6 Å². The molecule has 0 aromatic carbocycles. The Bertz CT molecular complexity index is 445. The number of hydrogen-bond donors (Lipinski definition) is 1. The van der Waals surface area contributed by atoms with E-state index >= 15 is 0 Å². The van der Waals surface area contributed by atoms with Gasteiger partial charge in [0.1, 0.15) is 12.4 Å². The quantitative estimate of drug-likeness (QED) is 0.619. The average Bonchev–Trinajstić information content (AvgIpc) is 3.12. The molecule has 0 radical (unpaired) electrons. The molecule has 0 bridgehead atoms. The molecule has 1 aliphatic heterocycles. The van der Waals surface area contributed by atoms with Crippen LogP contribution in [0.1, 0.15) is 39.3 Å². The van der Waals surface area contributed by atoms with Crippen LogP contribution in [0.2, 0.25) is 0 Å². The standard InChI is InChI=1S/C15H23NO3S/c1-10(2)12-7-11(5-6-16-12)18-8-13-14(20-13)9-19-15(3,4)17/h5-7,10,13-14,17H,8-9H2,1-4H3. The van der Waals surface area contributed by atoms with Crippen molar-refractivity contribution >= 4 is 11.8 Å². The largest absolute Gasteiger partial charge is 0.492 e. The van der Waals surface area contributed by atoms with Crippen molar-refractivity contribution in [3.63, 3.8) is 0 Å². The van der Waals surface area contributed by atoms with Gasteiger partial charge in [0.25, 0.3) is 0 Å². The normalized spacial score (nSPS) is 22.1. The van der Waals surface area contributed by atoms with E-state index in [0.717, 1.165) is 11.4 Å². The van der Waals surface area contributed by atoms with E-state index in [0.29, 0.717) is 29.6 Å². The number of aromatic nitrogens is 1. The third kappa shape index (κ3) is 4.96. The van der Waals surface area contributed by atoms with Gasteiger partial charge in [-0.05, 0) is 25.8 Å². The Hall–Kier alpha value is -0.780. The minimum absolute atomic E-state index is 0.404. The van der Waals surface area contributed by atoms with E-state index in [2.05, 4.69) is 18.8 Å². The van der Waals surface area contributed by atoms with Gasteiger partial charge in [0.15, 0.2) is 5.79 Å². The third-order valence-electron chi connectivity index (χ3n) is 3.05. The highest BCUT2D eigenvalue weighted by Gasteiger charge is 2.40. The molecule has 0 aliphatic carbocycles. The predicted octanol–water partition coefficient (Wildman–Crippen LogP) is 2.81. The van der Waals surface area contributed by atoms with Crippen LogP contribution in [-0.4, -0.2) is 39.6 Å². The minimum Gasteiger partial charge on any atom is -0.492 e. The number of aliphatic hydroxyl groups is 1. The second-order valence-electron chi connectivity index (χ2n) is 5.85. The van der Waals surface area contributed by atoms with Crippen LogP contribution >= 0.6 is 11.8 Å². The van der Waals surface area contributed by atoms with Gasteiger partial charge in [-0.2, -0.15) is 0 Å². The fourth-order valence-corrected chi connectivity index (χ4v) is 2.58. The maximum absolute atomic E-state index is 9.50. The lowest BCUT2D eigenvalue weighted by Crippen LogP contribution is -2.26. The molecule has 2 unspecified atom stereocenters. The maximum atomic E-state index is 9.50. The molecule has 4 nitrogen and oxygen atoms in total. The van der Waals surface area contributed by atoms with Crippen LogP contribution in [0.25, 0.3) is 0 Å². The van der Waals surface area contributed by atoms with Crippen molar-refractivity contribution in [2.24, 2.45) is 0 Å². The number of rotatable bonds is 7. The monoisotopic (exact) mass is 297 g/mol. The molecule has 112 valence electrons. The van der Waals surface area contributed by atoms with Gasteiger partial charge in [0.05, 0.1) is 11.9 Å². The molecule has 0 amide bonds. The first-order chi connectivity index (χ1) is 9.35. The Morgan fingerprint density at radius 3 is 2.70 bits per heavy atom. The van der Waals surface area contributed by atoms with Crippen molar-refractivity contribution in [3.8, 4) is 5.75 Å². The van der Waals surface area contributed by atoms with Gasteiger partial charge in [-0.3, -0.25) is 4.98 Å². The zero-order chi connectivity index (χ0) is 14.8. The highest BCUT2D eigenvalue weighted by molar-refractivity contribution is 8.07. The highest BCUT2D eigenvalue weighted by Crippen LogP contribution is 2.42. The van der Waals surface area contributed by atoms with E-state index in [9.17, 15) is 5.11 Å². The molecule has 20 heavy (non-hydrogen) atoms. The Morgan fingerprint density at radius 1 is 1.35 bits per heavy atom. The zero-order valence-corrected chi connectivity index (χ0v) is 13.3. The molecular weight excluding hydrogens is 274 g/mol. The van der Waals surface area contributed by atoms with E-state index in [1.807, 2.05) is 23.9 Å². The lowest BCUT2D eigenvalue weighted by atomic mass is 10.1. The summed E-state index contributed by atoms with van der Waals surface area (Å²) in [5.41, 5.74) is 1.05. The first kappa shape index (κ1) is 15.6. The van der Waals surface area contributed by atoms with Gasteiger partial charge in [-0.1, -0.05) is 13.8 Å². The van der Waals surface area contributed by atoms with E-state index in [-0.39, 0.29) is 0 Å². The highest BCUT2D eigenvalue weighted by atomic mass is 32.2. The van der Waals surface area contributed by atoms with Crippen LogP contribution in [0.4, 0.5) is 0 Å². The van der Waals surface area contributed by atoms with Gasteiger partial charge in [-0.25, -0.2) is 0 Å². The molecule has 1 saturated heterocycles. The topological polar surface area (TPSA) is 51.6 Å². The van der Waals surface area contributed by atoms with E-state index in [1.165, 1.54) is 0 Å². The first-order valence-corrected chi connectivity index (χ1v) is 7.90.